The van der Waals surface area contributed by atoms with Crippen LogP contribution in [0.1, 0.15) is 10.4 Å². The SMILES string of the molecule is COc1ccc(NS(=O)(=O)c2ccc(NC(=O)c3ccc(N(C)S(=O)(=O)c4ccc(SC)cc4)cc3)cc2)c(OC)c1. The number of ether oxygens (including phenoxy) is 2. The Morgan fingerprint density at radius 3 is 1.98 bits per heavy atom. The number of nitrogens with one attached hydrogen (secondary N) is 2. The predicted molar refractivity (Wildman–Crippen MR) is 165 cm³/mol. The second kappa shape index (κ2) is 12.8. The number of benzene rings is 4. The first-order chi connectivity index (χ1) is 20.0. The molecule has 0 fully saturated rings. The van der Waals surface area contributed by atoms with Crippen molar-refractivity contribution < 1.29 is 31.1 Å². The molecule has 4 rings (SSSR count). The highest BCUT2D eigenvalue weighted by Crippen LogP contribution is 2.31. The van der Waals surface area contributed by atoms with E-state index in [9.17, 15) is 21.6 Å². The summed E-state index contributed by atoms with van der Waals surface area (Å²) in [4.78, 5) is 13.9. The Bertz CT molecular complexity index is 1780. The van der Waals surface area contributed by atoms with Crippen molar-refractivity contribution in [3.8, 4) is 11.5 Å². The highest BCUT2D eigenvalue weighted by molar-refractivity contribution is 7.98. The smallest absolute Gasteiger partial charge is 0.264 e. The fourth-order valence-corrected chi connectivity index (χ4v) is 6.55. The lowest BCUT2D eigenvalue weighted by atomic mass is 10.2. The van der Waals surface area contributed by atoms with Gasteiger partial charge in [-0.25, -0.2) is 16.8 Å². The molecule has 0 unspecified atom stereocenters. The molecule has 0 radical (unpaired) electrons. The van der Waals surface area contributed by atoms with Crippen LogP contribution >= 0.6 is 11.8 Å². The van der Waals surface area contributed by atoms with E-state index in [1.165, 1.54) is 87.6 Å². The topological polar surface area (TPSA) is 131 Å². The van der Waals surface area contributed by atoms with E-state index in [4.69, 9.17) is 9.47 Å². The number of thioether (sulfide) groups is 1. The fraction of sp³-hybridized carbons (Fsp3) is 0.138. The van der Waals surface area contributed by atoms with Gasteiger partial charge in [-0.1, -0.05) is 0 Å². The number of carbonyl (C=O) groups excluding carboxylic acids is 1. The molecule has 4 aromatic rings. The standard InChI is InChI=1S/C29H29N3O7S3/c1-32(42(36,37)26-16-12-24(40-4)13-17-26)22-9-5-20(6-10-22)29(33)30-21-7-14-25(15-8-21)41(34,35)31-27-18-11-23(38-2)19-28(27)39-3/h5-19,31H,1-4H3,(H,30,33). The molecule has 0 aromatic heterocycles. The van der Waals surface area contributed by atoms with Gasteiger partial charge in [-0.2, -0.15) is 0 Å². The van der Waals surface area contributed by atoms with Gasteiger partial charge in [0.1, 0.15) is 11.5 Å². The Kier molecular flexibility index (Phi) is 9.34. The first-order valence-corrected chi connectivity index (χ1v) is 16.5. The molecule has 42 heavy (non-hydrogen) atoms. The number of amides is 1. The average molecular weight is 628 g/mol. The largest absolute Gasteiger partial charge is 0.497 e. The zero-order valence-electron chi connectivity index (χ0n) is 23.2. The Morgan fingerprint density at radius 2 is 1.40 bits per heavy atom. The van der Waals surface area contributed by atoms with Crippen LogP contribution in [0.5, 0.6) is 11.5 Å². The van der Waals surface area contributed by atoms with Crippen molar-refractivity contribution in [3.05, 3.63) is 96.6 Å². The number of sulfonamides is 2. The van der Waals surface area contributed by atoms with E-state index in [0.717, 1.165) is 9.20 Å². The third-order valence-electron chi connectivity index (χ3n) is 6.29. The van der Waals surface area contributed by atoms with Crippen LogP contribution in [-0.4, -0.2) is 50.3 Å². The number of rotatable bonds is 11. The molecular weight excluding hydrogens is 599 g/mol. The molecule has 0 aliphatic rings. The zero-order chi connectivity index (χ0) is 30.5. The minimum Gasteiger partial charge on any atom is -0.497 e. The van der Waals surface area contributed by atoms with E-state index in [0.29, 0.717) is 28.4 Å². The van der Waals surface area contributed by atoms with Crippen molar-refractivity contribution >= 4 is 54.8 Å². The number of hydrogen-bond donors (Lipinski definition) is 2. The maximum Gasteiger partial charge on any atom is 0.264 e. The molecule has 1 amide bonds. The van der Waals surface area contributed by atoms with Gasteiger partial charge in [0.15, 0.2) is 0 Å². The van der Waals surface area contributed by atoms with E-state index < -0.39 is 26.0 Å². The lowest BCUT2D eigenvalue weighted by molar-refractivity contribution is 0.102. The summed E-state index contributed by atoms with van der Waals surface area (Å²) < 4.78 is 65.9. The fourth-order valence-electron chi connectivity index (χ4n) is 3.87. The molecule has 10 nitrogen and oxygen atoms in total. The lowest BCUT2D eigenvalue weighted by Crippen LogP contribution is -2.26. The first kappa shape index (κ1) is 30.8. The summed E-state index contributed by atoms with van der Waals surface area (Å²) in [6.07, 6.45) is 1.91. The molecule has 0 aliphatic carbocycles. The normalized spacial score (nSPS) is 11.4. The number of hydrogen-bond acceptors (Lipinski definition) is 8. The summed E-state index contributed by atoms with van der Waals surface area (Å²) in [6.45, 7) is 0. The monoisotopic (exact) mass is 627 g/mol. The third-order valence-corrected chi connectivity index (χ3v) is 10.2. The van der Waals surface area contributed by atoms with Crippen molar-refractivity contribution in [2.75, 3.05) is 41.9 Å². The van der Waals surface area contributed by atoms with Crippen LogP contribution in [0, 0.1) is 0 Å². The maximum atomic E-state index is 13.0. The molecule has 220 valence electrons. The van der Waals surface area contributed by atoms with Gasteiger partial charge in [-0.3, -0.25) is 13.8 Å². The highest BCUT2D eigenvalue weighted by Gasteiger charge is 2.22. The van der Waals surface area contributed by atoms with E-state index in [2.05, 4.69) is 10.0 Å². The second-order valence-electron chi connectivity index (χ2n) is 8.85. The van der Waals surface area contributed by atoms with E-state index in [1.807, 2.05) is 6.26 Å². The van der Waals surface area contributed by atoms with E-state index in [1.54, 1.807) is 36.4 Å². The summed E-state index contributed by atoms with van der Waals surface area (Å²) in [6, 6.07) is 23.1. The number of methoxy groups -OCH3 is 2. The molecular formula is C29H29N3O7S3. The summed E-state index contributed by atoms with van der Waals surface area (Å²) in [7, 11) is -3.38. The van der Waals surface area contributed by atoms with Crippen LogP contribution in [-0.2, 0) is 20.0 Å². The summed E-state index contributed by atoms with van der Waals surface area (Å²) in [5.41, 5.74) is 1.29. The van der Waals surface area contributed by atoms with Gasteiger partial charge in [0.05, 0.1) is 35.4 Å². The Hall–Kier alpha value is -4.20. The van der Waals surface area contributed by atoms with E-state index >= 15 is 0 Å². The van der Waals surface area contributed by atoms with Crippen LogP contribution in [0.2, 0.25) is 0 Å². The van der Waals surface area contributed by atoms with Gasteiger partial charge >= 0.3 is 0 Å². The lowest BCUT2D eigenvalue weighted by Gasteiger charge is -2.20. The van der Waals surface area contributed by atoms with Crippen molar-refractivity contribution in [3.63, 3.8) is 0 Å². The molecule has 0 atom stereocenters. The summed E-state index contributed by atoms with van der Waals surface area (Å²) >= 11 is 1.52. The molecule has 0 spiro atoms. The second-order valence-corrected chi connectivity index (χ2v) is 13.4. The summed E-state index contributed by atoms with van der Waals surface area (Å²) in [5.74, 6) is 0.358. The van der Waals surface area contributed by atoms with Gasteiger partial charge in [-0.05, 0) is 91.2 Å². The van der Waals surface area contributed by atoms with Crippen LogP contribution in [0.25, 0.3) is 0 Å². The Morgan fingerprint density at radius 1 is 0.786 bits per heavy atom. The molecule has 4 aromatic carbocycles. The maximum absolute atomic E-state index is 13.0. The Balaban J connectivity index is 1.43. The minimum atomic E-state index is -3.95. The van der Waals surface area contributed by atoms with Crippen LogP contribution in [0.3, 0.4) is 0 Å². The van der Waals surface area contributed by atoms with Gasteiger partial charge < -0.3 is 14.8 Å². The molecule has 0 aliphatic heterocycles. The van der Waals surface area contributed by atoms with Crippen LogP contribution in [0.15, 0.2) is 106 Å². The first-order valence-electron chi connectivity index (χ1n) is 12.4. The van der Waals surface area contributed by atoms with Crippen molar-refractivity contribution in [2.24, 2.45) is 0 Å². The number of anilines is 3. The highest BCUT2D eigenvalue weighted by atomic mass is 32.2. The van der Waals surface area contributed by atoms with Crippen molar-refractivity contribution in [1.29, 1.82) is 0 Å². The van der Waals surface area contributed by atoms with Gasteiger partial charge in [0, 0.05) is 29.3 Å². The molecule has 0 saturated carbocycles. The van der Waals surface area contributed by atoms with Gasteiger partial charge in [0.25, 0.3) is 26.0 Å². The molecule has 0 bridgehead atoms. The van der Waals surface area contributed by atoms with Gasteiger partial charge in [0.2, 0.25) is 0 Å². The summed E-state index contributed by atoms with van der Waals surface area (Å²) in [5, 5.41) is 2.71. The van der Waals surface area contributed by atoms with Crippen LogP contribution in [0.4, 0.5) is 17.1 Å². The predicted octanol–water partition coefficient (Wildman–Crippen LogP) is 5.30. The van der Waals surface area contributed by atoms with Crippen LogP contribution < -0.4 is 23.8 Å². The number of carbonyl (C=O) groups is 1. The zero-order valence-corrected chi connectivity index (χ0v) is 25.6. The number of nitrogens with zero attached hydrogens (tertiary/aromatic N) is 1. The molecule has 0 saturated heterocycles. The quantitative estimate of drug-likeness (QED) is 0.214. The van der Waals surface area contributed by atoms with Crippen molar-refractivity contribution in [1.82, 2.24) is 0 Å². The van der Waals surface area contributed by atoms with Gasteiger partial charge in [-0.15, -0.1) is 11.8 Å². The average Bonchev–Trinajstić information content (AvgIpc) is 3.01. The minimum absolute atomic E-state index is 0.0185. The molecule has 13 heteroatoms. The Labute approximate surface area is 249 Å². The van der Waals surface area contributed by atoms with Crippen molar-refractivity contribution in [2.45, 2.75) is 14.7 Å². The third kappa shape index (κ3) is 6.81. The van der Waals surface area contributed by atoms with E-state index in [-0.39, 0.29) is 15.5 Å². The molecule has 2 N–H and O–H groups in total. The molecule has 0 heterocycles.